The minimum atomic E-state index is -0.185. The van der Waals surface area contributed by atoms with Crippen LogP contribution in [0.5, 0.6) is 0 Å². The molecule has 4 nitrogen and oxygen atoms in total. The number of pyridine rings is 1. The first-order valence-electron chi connectivity index (χ1n) is 4.70. The molecule has 5 heteroatoms. The highest BCUT2D eigenvalue weighted by Gasteiger charge is 2.11. The lowest BCUT2D eigenvalue weighted by Gasteiger charge is -2.08. The molecule has 0 bridgehead atoms. The SMILES string of the molecule is CC(C)CNC(=O)c1cc(Br)cnc1N. The molecule has 82 valence electrons. The van der Waals surface area contributed by atoms with Crippen LogP contribution >= 0.6 is 15.9 Å². The second-order valence-corrected chi connectivity index (χ2v) is 4.61. The molecule has 15 heavy (non-hydrogen) atoms. The van der Waals surface area contributed by atoms with E-state index in [4.69, 9.17) is 5.73 Å². The Morgan fingerprint density at radius 3 is 2.93 bits per heavy atom. The first-order chi connectivity index (χ1) is 7.00. The molecule has 1 aromatic rings. The molecule has 0 aliphatic rings. The van der Waals surface area contributed by atoms with Crippen molar-refractivity contribution < 1.29 is 4.79 Å². The van der Waals surface area contributed by atoms with E-state index in [1.54, 1.807) is 12.3 Å². The van der Waals surface area contributed by atoms with Crippen molar-refractivity contribution in [3.8, 4) is 0 Å². The molecule has 0 aliphatic carbocycles. The number of nitrogens with zero attached hydrogens (tertiary/aromatic N) is 1. The van der Waals surface area contributed by atoms with Gasteiger partial charge in [-0.15, -0.1) is 0 Å². The summed E-state index contributed by atoms with van der Waals surface area (Å²) in [5.41, 5.74) is 6.01. The van der Waals surface area contributed by atoms with Gasteiger partial charge in [0, 0.05) is 17.2 Å². The molecule has 0 saturated carbocycles. The van der Waals surface area contributed by atoms with Gasteiger partial charge in [0.2, 0.25) is 0 Å². The fourth-order valence-corrected chi connectivity index (χ4v) is 1.36. The predicted octanol–water partition coefficient (Wildman–Crippen LogP) is 1.81. The van der Waals surface area contributed by atoms with Gasteiger partial charge in [0.05, 0.1) is 5.56 Å². The van der Waals surface area contributed by atoms with Crippen LogP contribution in [0.2, 0.25) is 0 Å². The molecule has 0 unspecified atom stereocenters. The zero-order chi connectivity index (χ0) is 11.4. The van der Waals surface area contributed by atoms with Gasteiger partial charge in [-0.1, -0.05) is 13.8 Å². The van der Waals surface area contributed by atoms with Crippen LogP contribution < -0.4 is 11.1 Å². The number of anilines is 1. The number of carbonyl (C=O) groups is 1. The topological polar surface area (TPSA) is 68.0 Å². The van der Waals surface area contributed by atoms with Gasteiger partial charge in [-0.25, -0.2) is 4.98 Å². The van der Waals surface area contributed by atoms with Gasteiger partial charge in [0.15, 0.2) is 0 Å². The first-order valence-corrected chi connectivity index (χ1v) is 5.49. The molecule has 0 aromatic carbocycles. The number of nitrogens with one attached hydrogen (secondary N) is 1. The standard InChI is InChI=1S/C10H14BrN3O/c1-6(2)4-14-10(15)8-3-7(11)5-13-9(8)12/h3,5-6H,4H2,1-2H3,(H2,12,13)(H,14,15). The Morgan fingerprint density at radius 1 is 1.67 bits per heavy atom. The van der Waals surface area contributed by atoms with Crippen LogP contribution in [-0.2, 0) is 0 Å². The highest BCUT2D eigenvalue weighted by Crippen LogP contribution is 2.15. The van der Waals surface area contributed by atoms with Crippen molar-refractivity contribution in [3.05, 3.63) is 22.3 Å². The van der Waals surface area contributed by atoms with Gasteiger partial charge < -0.3 is 11.1 Å². The minimum Gasteiger partial charge on any atom is -0.383 e. The molecule has 1 amide bonds. The third kappa shape index (κ3) is 3.51. The number of hydrogen-bond acceptors (Lipinski definition) is 3. The zero-order valence-corrected chi connectivity index (χ0v) is 10.3. The Kier molecular flexibility index (Phi) is 4.08. The third-order valence-corrected chi connectivity index (χ3v) is 2.23. The Morgan fingerprint density at radius 2 is 2.33 bits per heavy atom. The average Bonchev–Trinajstić information content (AvgIpc) is 2.18. The van der Waals surface area contributed by atoms with Gasteiger partial charge in [-0.2, -0.15) is 0 Å². The van der Waals surface area contributed by atoms with Crippen LogP contribution in [0.4, 0.5) is 5.82 Å². The molecule has 1 aromatic heterocycles. The van der Waals surface area contributed by atoms with Crippen molar-refractivity contribution in [2.75, 3.05) is 12.3 Å². The molecule has 1 rings (SSSR count). The number of amides is 1. The minimum absolute atomic E-state index is 0.185. The molecule has 0 saturated heterocycles. The van der Waals surface area contributed by atoms with Crippen molar-refractivity contribution in [1.29, 1.82) is 0 Å². The number of halogens is 1. The van der Waals surface area contributed by atoms with Crippen LogP contribution in [0.25, 0.3) is 0 Å². The maximum absolute atomic E-state index is 11.7. The van der Waals surface area contributed by atoms with Gasteiger partial charge in [0.25, 0.3) is 5.91 Å². The molecule has 3 N–H and O–H groups in total. The number of carbonyl (C=O) groups excluding carboxylic acids is 1. The van der Waals surface area contributed by atoms with Gasteiger partial charge in [-0.3, -0.25) is 4.79 Å². The van der Waals surface area contributed by atoms with E-state index in [1.807, 2.05) is 13.8 Å². The Labute approximate surface area is 97.4 Å². The van der Waals surface area contributed by atoms with Crippen molar-refractivity contribution in [3.63, 3.8) is 0 Å². The normalized spacial score (nSPS) is 10.4. The largest absolute Gasteiger partial charge is 0.383 e. The highest BCUT2D eigenvalue weighted by atomic mass is 79.9. The number of rotatable bonds is 3. The molecule has 0 radical (unpaired) electrons. The summed E-state index contributed by atoms with van der Waals surface area (Å²) in [6.07, 6.45) is 1.56. The molecule has 0 fully saturated rings. The first kappa shape index (κ1) is 12.0. The monoisotopic (exact) mass is 271 g/mol. The van der Waals surface area contributed by atoms with Crippen LogP contribution in [-0.4, -0.2) is 17.4 Å². The number of aromatic nitrogens is 1. The van der Waals surface area contributed by atoms with Gasteiger partial charge >= 0.3 is 0 Å². The Hall–Kier alpha value is -1.10. The number of nitrogens with two attached hydrogens (primary N) is 1. The summed E-state index contributed by atoms with van der Waals surface area (Å²) in [5, 5.41) is 2.79. The highest BCUT2D eigenvalue weighted by molar-refractivity contribution is 9.10. The maximum atomic E-state index is 11.7. The zero-order valence-electron chi connectivity index (χ0n) is 8.75. The van der Waals surface area contributed by atoms with Crippen LogP contribution in [0, 0.1) is 5.92 Å². The van der Waals surface area contributed by atoms with Crippen LogP contribution in [0.3, 0.4) is 0 Å². The fraction of sp³-hybridized carbons (Fsp3) is 0.400. The van der Waals surface area contributed by atoms with Crippen molar-refractivity contribution in [2.24, 2.45) is 5.92 Å². The average molecular weight is 272 g/mol. The van der Waals surface area contributed by atoms with E-state index >= 15 is 0 Å². The Balaban J connectivity index is 2.77. The summed E-state index contributed by atoms with van der Waals surface area (Å²) in [6, 6.07) is 1.66. The van der Waals surface area contributed by atoms with E-state index in [1.165, 1.54) is 0 Å². The summed E-state index contributed by atoms with van der Waals surface area (Å²) in [4.78, 5) is 15.6. The van der Waals surface area contributed by atoms with E-state index < -0.39 is 0 Å². The fourth-order valence-electron chi connectivity index (χ4n) is 1.02. The van der Waals surface area contributed by atoms with Gasteiger partial charge in [-0.05, 0) is 27.9 Å². The number of nitrogen functional groups attached to an aromatic ring is 1. The second kappa shape index (κ2) is 5.11. The molecule has 0 atom stereocenters. The lowest BCUT2D eigenvalue weighted by atomic mass is 10.2. The van der Waals surface area contributed by atoms with E-state index in [2.05, 4.69) is 26.2 Å². The molecule has 0 aliphatic heterocycles. The summed E-state index contributed by atoms with van der Waals surface area (Å²) in [7, 11) is 0. The van der Waals surface area contributed by atoms with E-state index in [9.17, 15) is 4.79 Å². The maximum Gasteiger partial charge on any atom is 0.255 e. The molecule has 0 spiro atoms. The summed E-state index contributed by atoms with van der Waals surface area (Å²) < 4.78 is 0.742. The quantitative estimate of drug-likeness (QED) is 0.881. The summed E-state index contributed by atoms with van der Waals surface area (Å²) >= 11 is 3.25. The summed E-state index contributed by atoms with van der Waals surface area (Å²) in [5.74, 6) is 0.477. The summed E-state index contributed by atoms with van der Waals surface area (Å²) in [6.45, 7) is 4.69. The molecular weight excluding hydrogens is 258 g/mol. The van der Waals surface area contributed by atoms with Crippen LogP contribution in [0.1, 0.15) is 24.2 Å². The molecule has 1 heterocycles. The Bertz CT molecular complexity index is 366. The van der Waals surface area contributed by atoms with Crippen molar-refractivity contribution in [1.82, 2.24) is 10.3 Å². The smallest absolute Gasteiger partial charge is 0.255 e. The number of hydrogen-bond donors (Lipinski definition) is 2. The van der Waals surface area contributed by atoms with Crippen LogP contribution in [0.15, 0.2) is 16.7 Å². The third-order valence-electron chi connectivity index (χ3n) is 1.80. The van der Waals surface area contributed by atoms with E-state index in [0.717, 1.165) is 4.47 Å². The second-order valence-electron chi connectivity index (χ2n) is 3.69. The predicted molar refractivity (Wildman–Crippen MR) is 63.5 cm³/mol. The van der Waals surface area contributed by atoms with Crippen molar-refractivity contribution in [2.45, 2.75) is 13.8 Å². The van der Waals surface area contributed by atoms with Gasteiger partial charge in [0.1, 0.15) is 5.82 Å². The lowest BCUT2D eigenvalue weighted by molar-refractivity contribution is 0.0949. The molecular formula is C10H14BrN3O. The van der Waals surface area contributed by atoms with E-state index in [-0.39, 0.29) is 11.7 Å². The van der Waals surface area contributed by atoms with E-state index in [0.29, 0.717) is 18.0 Å². The van der Waals surface area contributed by atoms with Crippen molar-refractivity contribution >= 4 is 27.7 Å². The lowest BCUT2D eigenvalue weighted by Crippen LogP contribution is -2.28.